The molecule has 1 unspecified atom stereocenters. The molecule has 25 heavy (non-hydrogen) atoms. The number of carbonyl (C=O) groups is 2. The summed E-state index contributed by atoms with van der Waals surface area (Å²) in [5.41, 5.74) is 0.844. The van der Waals surface area contributed by atoms with E-state index < -0.39 is 24.6 Å². The van der Waals surface area contributed by atoms with Gasteiger partial charge >= 0.3 is 11.9 Å². The summed E-state index contributed by atoms with van der Waals surface area (Å²) < 4.78 is 15.9. The first-order chi connectivity index (χ1) is 12.1. The normalized spacial score (nSPS) is 11.4. The average Bonchev–Trinajstić information content (AvgIpc) is 2.61. The van der Waals surface area contributed by atoms with E-state index in [9.17, 15) is 9.59 Å². The van der Waals surface area contributed by atoms with Crippen LogP contribution in [0.15, 0.2) is 54.6 Å². The van der Waals surface area contributed by atoms with Crippen LogP contribution in [0.1, 0.15) is 12.5 Å². The third-order valence-electron chi connectivity index (χ3n) is 3.28. The summed E-state index contributed by atoms with van der Waals surface area (Å²) in [4.78, 5) is 22.7. The van der Waals surface area contributed by atoms with Gasteiger partial charge in [0.1, 0.15) is 11.5 Å². The molecule has 0 fully saturated rings. The highest BCUT2D eigenvalue weighted by atomic mass is 16.6. The molecular formula is C19H20O6. The van der Waals surface area contributed by atoms with E-state index in [1.54, 1.807) is 43.3 Å². The van der Waals surface area contributed by atoms with Crippen LogP contribution < -0.4 is 9.47 Å². The van der Waals surface area contributed by atoms with Crippen LogP contribution in [0.25, 0.3) is 0 Å². The van der Waals surface area contributed by atoms with Crippen molar-refractivity contribution in [2.75, 3.05) is 13.2 Å². The number of ether oxygens (including phenoxy) is 3. The summed E-state index contributed by atoms with van der Waals surface area (Å²) in [5.74, 6) is -0.440. The largest absolute Gasteiger partial charge is 0.482 e. The van der Waals surface area contributed by atoms with E-state index in [4.69, 9.17) is 19.3 Å². The van der Waals surface area contributed by atoms with Crippen molar-refractivity contribution in [3.63, 3.8) is 0 Å². The number of carboxylic acids is 1. The fourth-order valence-corrected chi connectivity index (χ4v) is 2.15. The number of rotatable bonds is 9. The Balaban J connectivity index is 2.05. The van der Waals surface area contributed by atoms with Crippen LogP contribution in [0.2, 0.25) is 0 Å². The van der Waals surface area contributed by atoms with Gasteiger partial charge in [0.05, 0.1) is 6.61 Å². The summed E-state index contributed by atoms with van der Waals surface area (Å²) in [6.45, 7) is 1.61. The summed E-state index contributed by atoms with van der Waals surface area (Å²) in [6.07, 6.45) is -0.444. The molecule has 1 atom stereocenters. The van der Waals surface area contributed by atoms with E-state index in [0.717, 1.165) is 5.56 Å². The van der Waals surface area contributed by atoms with Crippen molar-refractivity contribution >= 4 is 11.9 Å². The minimum absolute atomic E-state index is 0.273. The van der Waals surface area contributed by atoms with Crippen molar-refractivity contribution in [2.24, 2.45) is 0 Å². The third-order valence-corrected chi connectivity index (χ3v) is 3.28. The lowest BCUT2D eigenvalue weighted by Gasteiger charge is -2.18. The van der Waals surface area contributed by atoms with Crippen molar-refractivity contribution in [2.45, 2.75) is 19.4 Å². The predicted molar refractivity (Wildman–Crippen MR) is 90.8 cm³/mol. The van der Waals surface area contributed by atoms with Crippen molar-refractivity contribution in [3.8, 4) is 11.5 Å². The van der Waals surface area contributed by atoms with Gasteiger partial charge in [-0.15, -0.1) is 0 Å². The molecule has 2 aromatic carbocycles. The molecule has 0 aliphatic heterocycles. The number of hydrogen-bond donors (Lipinski definition) is 1. The van der Waals surface area contributed by atoms with E-state index in [-0.39, 0.29) is 6.61 Å². The highest BCUT2D eigenvalue weighted by molar-refractivity contribution is 5.75. The molecule has 2 aromatic rings. The first-order valence-corrected chi connectivity index (χ1v) is 7.90. The zero-order chi connectivity index (χ0) is 18.1. The van der Waals surface area contributed by atoms with Crippen molar-refractivity contribution in [1.82, 2.24) is 0 Å². The van der Waals surface area contributed by atoms with Gasteiger partial charge in [-0.25, -0.2) is 9.59 Å². The lowest BCUT2D eigenvalue weighted by atomic mass is 10.1. The predicted octanol–water partition coefficient (Wildman–Crippen LogP) is 2.70. The molecule has 6 heteroatoms. The molecule has 1 N–H and O–H groups in total. The molecule has 0 aliphatic carbocycles. The number of benzene rings is 2. The van der Waals surface area contributed by atoms with Crippen LogP contribution in [0.3, 0.4) is 0 Å². The summed E-state index contributed by atoms with van der Waals surface area (Å²) in [7, 11) is 0. The van der Waals surface area contributed by atoms with E-state index >= 15 is 0 Å². The van der Waals surface area contributed by atoms with E-state index in [0.29, 0.717) is 17.9 Å². The van der Waals surface area contributed by atoms with E-state index in [1.807, 2.05) is 18.2 Å². The van der Waals surface area contributed by atoms with Gasteiger partial charge < -0.3 is 19.3 Å². The minimum Gasteiger partial charge on any atom is -0.482 e. The third kappa shape index (κ3) is 6.18. The fourth-order valence-electron chi connectivity index (χ4n) is 2.15. The van der Waals surface area contributed by atoms with E-state index in [1.165, 1.54) is 0 Å². The van der Waals surface area contributed by atoms with Gasteiger partial charge in [-0.2, -0.15) is 0 Å². The molecule has 0 aromatic heterocycles. The maximum atomic E-state index is 12.2. The van der Waals surface area contributed by atoms with Crippen molar-refractivity contribution in [1.29, 1.82) is 0 Å². The Kier molecular flexibility index (Phi) is 6.83. The molecule has 2 rings (SSSR count). The number of hydrogen-bond acceptors (Lipinski definition) is 5. The Morgan fingerprint density at radius 2 is 1.68 bits per heavy atom. The average molecular weight is 344 g/mol. The van der Waals surface area contributed by atoms with E-state index in [2.05, 4.69) is 0 Å². The molecule has 0 saturated carbocycles. The van der Waals surface area contributed by atoms with Crippen LogP contribution in [0.4, 0.5) is 0 Å². The number of esters is 1. The Labute approximate surface area is 146 Å². The zero-order valence-corrected chi connectivity index (χ0v) is 13.9. The second-order valence-electron chi connectivity index (χ2n) is 5.20. The first-order valence-electron chi connectivity index (χ1n) is 7.90. The highest BCUT2D eigenvalue weighted by Gasteiger charge is 2.22. The zero-order valence-electron chi connectivity index (χ0n) is 13.9. The van der Waals surface area contributed by atoms with Gasteiger partial charge in [0.25, 0.3) is 0 Å². The standard InChI is InChI=1S/C19H20O6/c1-2-23-19(22)17(25-16-6-4-3-5-7-16)12-14-8-10-15(11-9-14)24-13-18(20)21/h3-11,17H,2,12-13H2,1H3,(H,20,21). The molecular weight excluding hydrogens is 324 g/mol. The maximum absolute atomic E-state index is 12.2. The number of carboxylic acid groups (broad SMARTS) is 1. The molecule has 0 saturated heterocycles. The number of para-hydroxylation sites is 1. The van der Waals surface area contributed by atoms with Crippen molar-refractivity contribution in [3.05, 3.63) is 60.2 Å². The molecule has 0 heterocycles. The highest BCUT2D eigenvalue weighted by Crippen LogP contribution is 2.17. The molecule has 132 valence electrons. The lowest BCUT2D eigenvalue weighted by Crippen LogP contribution is -2.31. The Bertz CT molecular complexity index is 681. The van der Waals surface area contributed by atoms with Gasteiger partial charge in [0.15, 0.2) is 12.7 Å². The van der Waals surface area contributed by atoms with Gasteiger partial charge in [-0.3, -0.25) is 0 Å². The molecule has 0 aliphatic rings. The van der Waals surface area contributed by atoms with Gasteiger partial charge in [0, 0.05) is 6.42 Å². The first kappa shape index (κ1) is 18.3. The molecule has 6 nitrogen and oxygen atoms in total. The van der Waals surface area contributed by atoms with Crippen molar-refractivity contribution < 1.29 is 28.9 Å². The monoisotopic (exact) mass is 344 g/mol. The lowest BCUT2D eigenvalue weighted by molar-refractivity contribution is -0.151. The molecule has 0 spiro atoms. The van der Waals surface area contributed by atoms with Crippen LogP contribution >= 0.6 is 0 Å². The topological polar surface area (TPSA) is 82.1 Å². The second-order valence-corrected chi connectivity index (χ2v) is 5.20. The number of carbonyl (C=O) groups excluding carboxylic acids is 1. The number of aliphatic carboxylic acids is 1. The van der Waals surface area contributed by atoms with Gasteiger partial charge in [-0.1, -0.05) is 30.3 Å². The fraction of sp³-hybridized carbons (Fsp3) is 0.263. The minimum atomic E-state index is -1.04. The van der Waals surface area contributed by atoms with Crippen LogP contribution in [-0.2, 0) is 20.7 Å². The SMILES string of the molecule is CCOC(=O)C(Cc1ccc(OCC(=O)O)cc1)Oc1ccccc1. The van der Waals surface area contributed by atoms with Gasteiger partial charge in [0.2, 0.25) is 0 Å². The van der Waals surface area contributed by atoms with Gasteiger partial charge in [-0.05, 0) is 36.8 Å². The Hall–Kier alpha value is -3.02. The Morgan fingerprint density at radius 3 is 2.28 bits per heavy atom. The summed E-state index contributed by atoms with van der Waals surface area (Å²) in [5, 5.41) is 8.61. The van der Waals surface area contributed by atoms with Crippen LogP contribution in [0, 0.1) is 0 Å². The summed E-state index contributed by atoms with van der Waals surface area (Å²) in [6, 6.07) is 15.9. The van der Waals surface area contributed by atoms with Crippen LogP contribution in [0.5, 0.6) is 11.5 Å². The van der Waals surface area contributed by atoms with Crippen LogP contribution in [-0.4, -0.2) is 36.4 Å². The maximum Gasteiger partial charge on any atom is 0.347 e. The second kappa shape index (κ2) is 9.32. The Morgan fingerprint density at radius 1 is 1.00 bits per heavy atom. The molecule has 0 bridgehead atoms. The quantitative estimate of drug-likeness (QED) is 0.704. The summed E-state index contributed by atoms with van der Waals surface area (Å²) >= 11 is 0. The molecule has 0 radical (unpaired) electrons. The molecule has 0 amide bonds. The smallest absolute Gasteiger partial charge is 0.347 e.